The number of aromatic carboxylic acids is 1. The molecule has 0 aliphatic carbocycles. The van der Waals surface area contributed by atoms with Crippen LogP contribution in [0.4, 0.5) is 5.00 Å². The second kappa shape index (κ2) is 8.22. The molecule has 166 valence electrons. The fourth-order valence-electron chi connectivity index (χ4n) is 4.34. The van der Waals surface area contributed by atoms with Crippen molar-refractivity contribution in [3.05, 3.63) is 87.9 Å². The smallest absolute Gasteiger partial charge is 0.339 e. The number of rotatable bonds is 4. The molecule has 0 saturated carbocycles. The van der Waals surface area contributed by atoms with Gasteiger partial charge in [-0.25, -0.2) is 4.79 Å². The molecule has 3 heterocycles. The Kier molecular flexibility index (Phi) is 5.22. The van der Waals surface area contributed by atoms with Gasteiger partial charge in [-0.3, -0.25) is 9.59 Å². The molecule has 4 aromatic rings. The Morgan fingerprint density at radius 2 is 1.76 bits per heavy atom. The zero-order valence-corrected chi connectivity index (χ0v) is 18.7. The number of carbonyl (C=O) groups excluding carboxylic acids is 2. The van der Waals surface area contributed by atoms with Crippen LogP contribution in [0.5, 0.6) is 0 Å². The summed E-state index contributed by atoms with van der Waals surface area (Å²) in [6.45, 7) is 0.724. The molecule has 0 fully saturated rings. The Labute approximate surface area is 193 Å². The molecule has 0 bridgehead atoms. The van der Waals surface area contributed by atoms with Crippen molar-refractivity contribution in [3.8, 4) is 0 Å². The lowest BCUT2D eigenvalue weighted by atomic mass is 10.0. The van der Waals surface area contributed by atoms with Crippen LogP contribution in [0.1, 0.15) is 41.5 Å². The molecule has 1 aliphatic rings. The van der Waals surface area contributed by atoms with Crippen molar-refractivity contribution in [2.24, 2.45) is 7.05 Å². The molecule has 7 nitrogen and oxygen atoms in total. The van der Waals surface area contributed by atoms with E-state index in [0.29, 0.717) is 41.2 Å². The zero-order chi connectivity index (χ0) is 23.1. The predicted molar refractivity (Wildman–Crippen MR) is 127 cm³/mol. The first-order valence-electron chi connectivity index (χ1n) is 10.5. The monoisotopic (exact) mass is 459 g/mol. The van der Waals surface area contributed by atoms with Gasteiger partial charge < -0.3 is 19.9 Å². The van der Waals surface area contributed by atoms with E-state index in [4.69, 9.17) is 0 Å². The van der Waals surface area contributed by atoms with Crippen molar-refractivity contribution in [3.63, 3.8) is 0 Å². The number of amides is 2. The van der Waals surface area contributed by atoms with E-state index in [1.54, 1.807) is 29.2 Å². The topological polar surface area (TPSA) is 91.6 Å². The second-order valence-electron chi connectivity index (χ2n) is 7.98. The number of benzene rings is 2. The van der Waals surface area contributed by atoms with E-state index in [9.17, 15) is 19.5 Å². The van der Waals surface area contributed by atoms with E-state index in [1.165, 1.54) is 11.3 Å². The third-order valence-electron chi connectivity index (χ3n) is 5.95. The molecule has 2 N–H and O–H groups in total. The summed E-state index contributed by atoms with van der Waals surface area (Å²) in [7, 11) is 1.91. The number of fused-ring (bicyclic) bond motifs is 2. The van der Waals surface area contributed by atoms with Gasteiger partial charge in [-0.15, -0.1) is 11.3 Å². The molecule has 0 spiro atoms. The summed E-state index contributed by atoms with van der Waals surface area (Å²) in [5, 5.41) is 13.8. The van der Waals surface area contributed by atoms with Crippen LogP contribution in [-0.4, -0.2) is 38.9 Å². The van der Waals surface area contributed by atoms with E-state index < -0.39 is 5.97 Å². The van der Waals surface area contributed by atoms with E-state index in [-0.39, 0.29) is 17.4 Å². The highest BCUT2D eigenvalue weighted by Gasteiger charge is 2.31. The van der Waals surface area contributed by atoms with Gasteiger partial charge >= 0.3 is 5.97 Å². The van der Waals surface area contributed by atoms with Gasteiger partial charge in [0.05, 0.1) is 17.7 Å². The molecule has 0 atom stereocenters. The molecule has 2 aromatic heterocycles. The van der Waals surface area contributed by atoms with Gasteiger partial charge in [0.25, 0.3) is 11.8 Å². The molecule has 0 saturated heterocycles. The Hall–Kier alpha value is -3.91. The first kappa shape index (κ1) is 21.0. The average Bonchev–Trinajstić information content (AvgIpc) is 3.36. The van der Waals surface area contributed by atoms with Crippen LogP contribution in [0.2, 0.25) is 0 Å². The van der Waals surface area contributed by atoms with Gasteiger partial charge in [0.15, 0.2) is 0 Å². The highest BCUT2D eigenvalue weighted by Crippen LogP contribution is 2.38. The number of para-hydroxylation sites is 1. The third kappa shape index (κ3) is 3.68. The van der Waals surface area contributed by atoms with Gasteiger partial charge in [-0.2, -0.15) is 0 Å². The van der Waals surface area contributed by atoms with Crippen molar-refractivity contribution in [2.45, 2.75) is 13.0 Å². The second-order valence-corrected chi connectivity index (χ2v) is 9.09. The van der Waals surface area contributed by atoms with E-state index in [0.717, 1.165) is 15.8 Å². The highest BCUT2D eigenvalue weighted by atomic mass is 32.1. The lowest BCUT2D eigenvalue weighted by Crippen LogP contribution is -2.35. The van der Waals surface area contributed by atoms with Crippen molar-refractivity contribution in [1.82, 2.24) is 9.47 Å². The largest absolute Gasteiger partial charge is 0.478 e. The number of anilines is 1. The summed E-state index contributed by atoms with van der Waals surface area (Å²) in [5.74, 6) is -1.53. The fraction of sp³-hybridized carbons (Fsp3) is 0.160. The Balaban J connectivity index is 1.44. The maximum atomic E-state index is 13.4. The molecule has 1 aliphatic heterocycles. The lowest BCUT2D eigenvalue weighted by Gasteiger charge is -2.27. The van der Waals surface area contributed by atoms with Gasteiger partial charge in [0.2, 0.25) is 0 Å². The summed E-state index contributed by atoms with van der Waals surface area (Å²) in [6, 6.07) is 16.4. The molecule has 33 heavy (non-hydrogen) atoms. The Morgan fingerprint density at radius 3 is 2.52 bits per heavy atom. The standard InChI is InChI=1S/C25H21N3O4S/c1-27-13-18(16-9-5-6-10-19(16)27)24(30)28-12-11-17-20(14-28)33-23(21(17)25(31)32)26-22(29)15-7-3-2-4-8-15/h2-10,13H,11-12,14H2,1H3,(H,26,29)(H,31,32). The van der Waals surface area contributed by atoms with Gasteiger partial charge in [-0.05, 0) is 30.2 Å². The molecule has 5 rings (SSSR count). The molecule has 0 radical (unpaired) electrons. The minimum absolute atomic E-state index is 0.0856. The number of nitrogens with one attached hydrogen (secondary N) is 1. The zero-order valence-electron chi connectivity index (χ0n) is 17.9. The number of carbonyl (C=O) groups is 3. The predicted octanol–water partition coefficient (Wildman–Crippen LogP) is 4.39. The first-order valence-corrected chi connectivity index (χ1v) is 11.3. The molecular weight excluding hydrogens is 438 g/mol. The molecule has 8 heteroatoms. The van der Waals surface area contributed by atoms with Crippen molar-refractivity contribution in [1.29, 1.82) is 0 Å². The van der Waals surface area contributed by atoms with Gasteiger partial charge in [-0.1, -0.05) is 36.4 Å². The first-order chi connectivity index (χ1) is 15.9. The number of carboxylic acid groups (broad SMARTS) is 1. The summed E-state index contributed by atoms with van der Waals surface area (Å²) in [4.78, 5) is 40.5. The van der Waals surface area contributed by atoms with Crippen LogP contribution in [-0.2, 0) is 20.0 Å². The number of carboxylic acids is 1. The number of aryl methyl sites for hydroxylation is 1. The number of thiophene rings is 1. The van der Waals surface area contributed by atoms with Crippen molar-refractivity contribution >= 4 is 45.0 Å². The minimum Gasteiger partial charge on any atom is -0.478 e. The van der Waals surface area contributed by atoms with E-state index >= 15 is 0 Å². The van der Waals surface area contributed by atoms with Crippen molar-refractivity contribution in [2.75, 3.05) is 11.9 Å². The Morgan fingerprint density at radius 1 is 1.03 bits per heavy atom. The summed E-state index contributed by atoms with van der Waals surface area (Å²) in [5.41, 5.74) is 2.88. The lowest BCUT2D eigenvalue weighted by molar-refractivity contribution is 0.0696. The van der Waals surface area contributed by atoms with Crippen LogP contribution in [0.3, 0.4) is 0 Å². The maximum Gasteiger partial charge on any atom is 0.339 e. The quantitative estimate of drug-likeness (QED) is 0.474. The third-order valence-corrected chi connectivity index (χ3v) is 7.08. The molecule has 2 amide bonds. The SMILES string of the molecule is Cn1cc(C(=O)N2CCc3c(sc(NC(=O)c4ccccc4)c3C(=O)O)C2)c2ccccc21. The summed E-state index contributed by atoms with van der Waals surface area (Å²) in [6.07, 6.45) is 2.26. The summed E-state index contributed by atoms with van der Waals surface area (Å²) >= 11 is 1.23. The maximum absolute atomic E-state index is 13.4. The number of nitrogens with zero attached hydrogens (tertiary/aromatic N) is 2. The van der Waals surface area contributed by atoms with Gasteiger partial charge in [0.1, 0.15) is 5.00 Å². The number of hydrogen-bond acceptors (Lipinski definition) is 4. The molecule has 2 aromatic carbocycles. The van der Waals surface area contributed by atoms with Crippen LogP contribution in [0.15, 0.2) is 60.8 Å². The van der Waals surface area contributed by atoms with Crippen LogP contribution < -0.4 is 5.32 Å². The molecule has 0 unspecified atom stereocenters. The fourth-order valence-corrected chi connectivity index (χ4v) is 5.59. The van der Waals surface area contributed by atoms with E-state index in [1.807, 2.05) is 48.1 Å². The summed E-state index contributed by atoms with van der Waals surface area (Å²) < 4.78 is 1.93. The number of hydrogen-bond donors (Lipinski definition) is 2. The normalized spacial score (nSPS) is 13.1. The Bertz CT molecular complexity index is 1400. The highest BCUT2D eigenvalue weighted by molar-refractivity contribution is 7.17. The van der Waals surface area contributed by atoms with Crippen LogP contribution in [0.25, 0.3) is 10.9 Å². The molecular formula is C25H21N3O4S. The van der Waals surface area contributed by atoms with Gasteiger partial charge in [0, 0.05) is 41.1 Å². The van der Waals surface area contributed by atoms with Crippen LogP contribution >= 0.6 is 11.3 Å². The van der Waals surface area contributed by atoms with E-state index in [2.05, 4.69) is 5.32 Å². The minimum atomic E-state index is -1.08. The average molecular weight is 460 g/mol. The number of aromatic nitrogens is 1. The van der Waals surface area contributed by atoms with Crippen molar-refractivity contribution < 1.29 is 19.5 Å². The van der Waals surface area contributed by atoms with Crippen LogP contribution in [0, 0.1) is 0 Å².